The van der Waals surface area contributed by atoms with Crippen molar-refractivity contribution in [2.75, 3.05) is 0 Å². The maximum absolute atomic E-state index is 13.5. The SMILES string of the molecule is Cc1cc(C(=O)NCc2ncoc2C)c(F)cc1F. The Morgan fingerprint density at radius 3 is 2.68 bits per heavy atom. The van der Waals surface area contributed by atoms with E-state index in [9.17, 15) is 13.6 Å². The highest BCUT2D eigenvalue weighted by Crippen LogP contribution is 2.14. The Labute approximate surface area is 108 Å². The number of amides is 1. The van der Waals surface area contributed by atoms with Crippen molar-refractivity contribution < 1.29 is 18.0 Å². The van der Waals surface area contributed by atoms with E-state index < -0.39 is 17.5 Å². The number of halogens is 2. The van der Waals surface area contributed by atoms with Gasteiger partial charge < -0.3 is 9.73 Å². The maximum atomic E-state index is 13.5. The summed E-state index contributed by atoms with van der Waals surface area (Å²) in [5, 5.41) is 2.51. The lowest BCUT2D eigenvalue weighted by molar-refractivity contribution is 0.0946. The third kappa shape index (κ3) is 2.78. The summed E-state index contributed by atoms with van der Waals surface area (Å²) in [6, 6.07) is 1.88. The van der Waals surface area contributed by atoms with Crippen LogP contribution in [0.4, 0.5) is 8.78 Å². The predicted octanol–water partition coefficient (Wildman–Crippen LogP) is 2.50. The summed E-state index contributed by atoms with van der Waals surface area (Å²) in [6.45, 7) is 3.29. The van der Waals surface area contributed by atoms with Crippen molar-refractivity contribution in [3.05, 3.63) is 52.7 Å². The van der Waals surface area contributed by atoms with E-state index in [4.69, 9.17) is 4.42 Å². The Bertz CT molecular complexity index is 623. The molecule has 1 aromatic heterocycles. The van der Waals surface area contributed by atoms with Crippen molar-refractivity contribution in [3.63, 3.8) is 0 Å². The van der Waals surface area contributed by atoms with Gasteiger partial charge in [0.25, 0.3) is 5.91 Å². The Hall–Kier alpha value is -2.24. The van der Waals surface area contributed by atoms with Gasteiger partial charge in [0.05, 0.1) is 12.1 Å². The van der Waals surface area contributed by atoms with Gasteiger partial charge in [-0.3, -0.25) is 4.79 Å². The van der Waals surface area contributed by atoms with Crippen LogP contribution in [-0.4, -0.2) is 10.9 Å². The number of nitrogens with one attached hydrogen (secondary N) is 1. The molecule has 1 heterocycles. The first-order valence-corrected chi connectivity index (χ1v) is 5.62. The molecule has 1 amide bonds. The fraction of sp³-hybridized carbons (Fsp3) is 0.231. The number of hydrogen-bond acceptors (Lipinski definition) is 3. The van der Waals surface area contributed by atoms with Gasteiger partial charge in [0.15, 0.2) is 6.39 Å². The molecular weight excluding hydrogens is 254 g/mol. The van der Waals surface area contributed by atoms with E-state index in [1.54, 1.807) is 6.92 Å². The Morgan fingerprint density at radius 1 is 1.32 bits per heavy atom. The van der Waals surface area contributed by atoms with Crippen LogP contribution in [0.3, 0.4) is 0 Å². The number of benzene rings is 1. The fourth-order valence-corrected chi connectivity index (χ4v) is 1.59. The van der Waals surface area contributed by atoms with E-state index in [0.717, 1.165) is 0 Å². The summed E-state index contributed by atoms with van der Waals surface area (Å²) < 4.78 is 31.6. The summed E-state index contributed by atoms with van der Waals surface area (Å²) in [6.07, 6.45) is 1.26. The predicted molar refractivity (Wildman–Crippen MR) is 63.5 cm³/mol. The molecule has 100 valence electrons. The molecule has 2 rings (SSSR count). The van der Waals surface area contributed by atoms with Gasteiger partial charge in [-0.05, 0) is 25.5 Å². The second-order valence-electron chi connectivity index (χ2n) is 4.12. The summed E-state index contributed by atoms with van der Waals surface area (Å²) in [5.41, 5.74) is 0.580. The number of nitrogens with zero attached hydrogens (tertiary/aromatic N) is 1. The van der Waals surface area contributed by atoms with Crippen molar-refractivity contribution in [1.82, 2.24) is 10.3 Å². The number of hydrogen-bond donors (Lipinski definition) is 1. The minimum atomic E-state index is -0.891. The lowest BCUT2D eigenvalue weighted by atomic mass is 10.1. The molecule has 0 aliphatic carbocycles. The van der Waals surface area contributed by atoms with Crippen LogP contribution in [0.15, 0.2) is 22.9 Å². The number of aryl methyl sites for hydroxylation is 2. The first-order valence-electron chi connectivity index (χ1n) is 5.62. The van der Waals surface area contributed by atoms with E-state index in [2.05, 4.69) is 10.3 Å². The van der Waals surface area contributed by atoms with Crippen molar-refractivity contribution in [2.45, 2.75) is 20.4 Å². The van der Waals surface area contributed by atoms with E-state index in [-0.39, 0.29) is 17.7 Å². The monoisotopic (exact) mass is 266 g/mol. The van der Waals surface area contributed by atoms with Crippen molar-refractivity contribution in [1.29, 1.82) is 0 Å². The quantitative estimate of drug-likeness (QED) is 0.928. The van der Waals surface area contributed by atoms with Gasteiger partial charge in [-0.25, -0.2) is 13.8 Å². The molecule has 0 aliphatic rings. The zero-order chi connectivity index (χ0) is 14.0. The van der Waals surface area contributed by atoms with E-state index >= 15 is 0 Å². The largest absolute Gasteiger partial charge is 0.448 e. The van der Waals surface area contributed by atoms with E-state index in [1.165, 1.54) is 19.4 Å². The summed E-state index contributed by atoms with van der Waals surface area (Å²) in [4.78, 5) is 15.7. The standard InChI is InChI=1S/C13H12F2N2O2/c1-7-3-9(11(15)4-10(7)14)13(18)16-5-12-8(2)19-6-17-12/h3-4,6H,5H2,1-2H3,(H,16,18). The molecule has 0 aliphatic heterocycles. The smallest absolute Gasteiger partial charge is 0.254 e. The zero-order valence-corrected chi connectivity index (χ0v) is 10.5. The van der Waals surface area contributed by atoms with Crippen LogP contribution < -0.4 is 5.32 Å². The normalized spacial score (nSPS) is 10.5. The second kappa shape index (κ2) is 5.17. The lowest BCUT2D eigenvalue weighted by Crippen LogP contribution is -2.24. The highest BCUT2D eigenvalue weighted by atomic mass is 19.1. The van der Waals surface area contributed by atoms with Gasteiger partial charge in [0.2, 0.25) is 0 Å². The molecule has 19 heavy (non-hydrogen) atoms. The molecule has 1 aromatic carbocycles. The van der Waals surface area contributed by atoms with Crippen LogP contribution in [0.25, 0.3) is 0 Å². The second-order valence-corrected chi connectivity index (χ2v) is 4.12. The van der Waals surface area contributed by atoms with Crippen molar-refractivity contribution in [2.24, 2.45) is 0 Å². The number of carbonyl (C=O) groups is 1. The molecule has 2 aromatic rings. The van der Waals surface area contributed by atoms with Crippen molar-refractivity contribution >= 4 is 5.91 Å². The molecule has 0 bridgehead atoms. The molecule has 0 spiro atoms. The Morgan fingerprint density at radius 2 is 2.05 bits per heavy atom. The topological polar surface area (TPSA) is 55.1 Å². The molecule has 4 nitrogen and oxygen atoms in total. The number of oxazole rings is 1. The third-order valence-corrected chi connectivity index (χ3v) is 2.75. The highest BCUT2D eigenvalue weighted by molar-refractivity contribution is 5.94. The molecule has 0 radical (unpaired) electrons. The number of carbonyl (C=O) groups excluding carboxylic acids is 1. The van der Waals surface area contributed by atoms with Crippen LogP contribution >= 0.6 is 0 Å². The zero-order valence-electron chi connectivity index (χ0n) is 10.5. The van der Waals surface area contributed by atoms with Gasteiger partial charge in [-0.1, -0.05) is 0 Å². The molecule has 6 heteroatoms. The Balaban J connectivity index is 2.12. The fourth-order valence-electron chi connectivity index (χ4n) is 1.59. The van der Waals surface area contributed by atoms with Crippen LogP contribution in [0, 0.1) is 25.5 Å². The van der Waals surface area contributed by atoms with Crippen LogP contribution in [-0.2, 0) is 6.54 Å². The summed E-state index contributed by atoms with van der Waals surface area (Å²) in [5.74, 6) is -1.61. The minimum Gasteiger partial charge on any atom is -0.448 e. The first-order chi connectivity index (χ1) is 8.99. The Kier molecular flexibility index (Phi) is 3.59. The molecular formula is C13H12F2N2O2. The van der Waals surface area contributed by atoms with Gasteiger partial charge in [-0.15, -0.1) is 0 Å². The van der Waals surface area contributed by atoms with Crippen LogP contribution in [0.2, 0.25) is 0 Å². The number of rotatable bonds is 3. The van der Waals surface area contributed by atoms with Crippen LogP contribution in [0.1, 0.15) is 27.4 Å². The molecule has 1 N–H and O–H groups in total. The molecule has 0 atom stereocenters. The average molecular weight is 266 g/mol. The molecule has 0 saturated heterocycles. The third-order valence-electron chi connectivity index (χ3n) is 2.75. The highest BCUT2D eigenvalue weighted by Gasteiger charge is 2.15. The number of aromatic nitrogens is 1. The van der Waals surface area contributed by atoms with Gasteiger partial charge in [0.1, 0.15) is 23.1 Å². The first kappa shape index (κ1) is 13.2. The van der Waals surface area contributed by atoms with Crippen LogP contribution in [0.5, 0.6) is 0 Å². The van der Waals surface area contributed by atoms with Gasteiger partial charge in [-0.2, -0.15) is 0 Å². The average Bonchev–Trinajstić information content (AvgIpc) is 2.76. The summed E-state index contributed by atoms with van der Waals surface area (Å²) in [7, 11) is 0. The minimum absolute atomic E-state index is 0.122. The van der Waals surface area contributed by atoms with Crippen molar-refractivity contribution in [3.8, 4) is 0 Å². The lowest BCUT2D eigenvalue weighted by Gasteiger charge is -2.06. The van der Waals surface area contributed by atoms with Gasteiger partial charge in [0, 0.05) is 6.07 Å². The molecule has 0 unspecified atom stereocenters. The van der Waals surface area contributed by atoms with E-state index in [0.29, 0.717) is 17.5 Å². The summed E-state index contributed by atoms with van der Waals surface area (Å²) >= 11 is 0. The maximum Gasteiger partial charge on any atom is 0.254 e. The molecule has 0 fully saturated rings. The van der Waals surface area contributed by atoms with E-state index in [1.807, 2.05) is 0 Å². The molecule has 0 saturated carbocycles. The van der Waals surface area contributed by atoms with Gasteiger partial charge >= 0.3 is 0 Å².